The lowest BCUT2D eigenvalue weighted by molar-refractivity contribution is -0.275. The Balaban J connectivity index is 2.01. The molecule has 0 aliphatic rings. The van der Waals surface area contributed by atoms with Crippen LogP contribution >= 0.6 is 11.3 Å². The number of hydrogen-bond donors (Lipinski definition) is 2. The number of hydrogen-bond acceptors (Lipinski definition) is 8. The smallest absolute Gasteiger partial charge is 0.497 e. The maximum atomic E-state index is 14.3. The number of alkyl halides is 3. The third-order valence-corrected chi connectivity index (χ3v) is 5.69. The van der Waals surface area contributed by atoms with E-state index in [0.717, 1.165) is 34.4 Å². The van der Waals surface area contributed by atoms with Crippen molar-refractivity contribution in [2.24, 2.45) is 5.73 Å². The molecule has 8 nitrogen and oxygen atoms in total. The van der Waals surface area contributed by atoms with Crippen LogP contribution in [0.3, 0.4) is 0 Å². The van der Waals surface area contributed by atoms with Crippen LogP contribution in [0.4, 0.5) is 34.2 Å². The van der Waals surface area contributed by atoms with Crippen molar-refractivity contribution in [2.45, 2.75) is 19.3 Å². The number of carbonyl (C=O) groups is 2. The van der Waals surface area contributed by atoms with Gasteiger partial charge in [0.2, 0.25) is 11.7 Å². The second-order valence-corrected chi connectivity index (χ2v) is 7.86. The fourth-order valence-corrected chi connectivity index (χ4v) is 3.98. The molecule has 0 radical (unpaired) electrons. The van der Waals surface area contributed by atoms with Gasteiger partial charge < -0.3 is 25.8 Å². The maximum Gasteiger partial charge on any atom is 0.573 e. The zero-order valence-corrected chi connectivity index (χ0v) is 18.5. The molecule has 1 atom stereocenters. The van der Waals surface area contributed by atoms with Gasteiger partial charge in [0.25, 0.3) is 0 Å². The zero-order valence-electron chi connectivity index (χ0n) is 17.7. The van der Waals surface area contributed by atoms with Crippen LogP contribution in [0.5, 0.6) is 11.5 Å². The minimum Gasteiger partial charge on any atom is -0.497 e. The Hall–Kier alpha value is -3.87. The van der Waals surface area contributed by atoms with Crippen molar-refractivity contribution in [1.82, 2.24) is 4.98 Å². The first kappa shape index (κ1) is 24.8. The summed E-state index contributed by atoms with van der Waals surface area (Å²) in [7, 11) is 1.48. The molecule has 1 amide bonds. The second kappa shape index (κ2) is 9.55. The van der Waals surface area contributed by atoms with Crippen molar-refractivity contribution >= 4 is 39.7 Å². The molecule has 3 rings (SSSR count). The van der Waals surface area contributed by atoms with Gasteiger partial charge in [-0.3, -0.25) is 9.59 Å². The first-order valence-corrected chi connectivity index (χ1v) is 10.3. The largest absolute Gasteiger partial charge is 0.573 e. The summed E-state index contributed by atoms with van der Waals surface area (Å²) in [6.45, 7) is 1.38. The monoisotopic (exact) mass is 498 g/mol. The van der Waals surface area contributed by atoms with Crippen molar-refractivity contribution in [1.29, 1.82) is 0 Å². The minimum atomic E-state index is -5.09. The van der Waals surface area contributed by atoms with E-state index in [-0.39, 0.29) is 27.1 Å². The number of ether oxygens (including phenoxy) is 2. The highest BCUT2D eigenvalue weighted by molar-refractivity contribution is 7.18. The van der Waals surface area contributed by atoms with Gasteiger partial charge in [-0.05, 0) is 43.3 Å². The van der Waals surface area contributed by atoms with Crippen molar-refractivity contribution < 1.29 is 36.6 Å². The average molecular weight is 498 g/mol. The fourth-order valence-electron chi connectivity index (χ4n) is 2.93. The van der Waals surface area contributed by atoms with Gasteiger partial charge in [-0.1, -0.05) is 11.3 Å². The van der Waals surface area contributed by atoms with E-state index in [4.69, 9.17) is 16.2 Å². The van der Waals surface area contributed by atoms with Gasteiger partial charge in [0.05, 0.1) is 7.11 Å². The summed E-state index contributed by atoms with van der Waals surface area (Å²) in [4.78, 5) is 30.2. The number of nitrogens with zero attached hydrogens (tertiary/aromatic N) is 2. The number of amides is 1. The van der Waals surface area contributed by atoms with Crippen LogP contribution in [0, 0.1) is 5.82 Å². The van der Waals surface area contributed by atoms with E-state index in [0.29, 0.717) is 5.75 Å². The van der Waals surface area contributed by atoms with Crippen molar-refractivity contribution in [3.8, 4) is 11.5 Å². The molecule has 0 aliphatic carbocycles. The average Bonchev–Trinajstić information content (AvgIpc) is 3.15. The summed E-state index contributed by atoms with van der Waals surface area (Å²) in [5.41, 5.74) is 11.6. The molecular formula is C21H18F4N4O4S. The molecule has 1 aromatic heterocycles. The van der Waals surface area contributed by atoms with Crippen LogP contribution in [0.2, 0.25) is 0 Å². The molecule has 0 bridgehead atoms. The third-order valence-electron chi connectivity index (χ3n) is 4.62. The van der Waals surface area contributed by atoms with E-state index in [1.807, 2.05) is 0 Å². The van der Waals surface area contributed by atoms with Gasteiger partial charge in [0.1, 0.15) is 22.5 Å². The number of benzene rings is 2. The van der Waals surface area contributed by atoms with Gasteiger partial charge in [-0.25, -0.2) is 9.37 Å². The molecule has 4 N–H and O–H groups in total. The quantitative estimate of drug-likeness (QED) is 0.356. The highest BCUT2D eigenvalue weighted by Crippen LogP contribution is 2.38. The Kier molecular flexibility index (Phi) is 6.96. The van der Waals surface area contributed by atoms with Crippen molar-refractivity contribution in [3.63, 3.8) is 0 Å². The van der Waals surface area contributed by atoms with Gasteiger partial charge in [0.15, 0.2) is 16.7 Å². The summed E-state index contributed by atoms with van der Waals surface area (Å²) >= 11 is 0.809. The number of ketones is 1. The highest BCUT2D eigenvalue weighted by atomic mass is 32.1. The standard InChI is InChI=1S/C21H18F4N4O4S/c1-10(19(27)31)29(12-5-8-15(14(22)9-12)33-21(23,24)25)20-28-18(26)17(34-20)16(30)11-3-6-13(32-2)7-4-11/h3-10H,26H2,1-2H3,(H2,27,31)/t10-/m1/s1. The molecule has 0 fully saturated rings. The van der Waals surface area contributed by atoms with Crippen molar-refractivity contribution in [2.75, 3.05) is 17.7 Å². The van der Waals surface area contributed by atoms with Crippen LogP contribution in [-0.2, 0) is 4.79 Å². The Morgan fingerprint density at radius 3 is 2.32 bits per heavy atom. The number of aromatic nitrogens is 1. The first-order valence-electron chi connectivity index (χ1n) is 9.50. The molecule has 1 heterocycles. The molecule has 13 heteroatoms. The van der Waals surface area contributed by atoms with Gasteiger partial charge >= 0.3 is 6.36 Å². The second-order valence-electron chi connectivity index (χ2n) is 6.88. The molecule has 3 aromatic rings. The number of carbonyl (C=O) groups excluding carboxylic acids is 2. The topological polar surface area (TPSA) is 121 Å². The van der Waals surface area contributed by atoms with E-state index in [1.54, 1.807) is 12.1 Å². The lowest BCUT2D eigenvalue weighted by atomic mass is 10.1. The summed E-state index contributed by atoms with van der Waals surface area (Å²) in [5, 5.41) is 0.00421. The number of primary amides is 1. The maximum absolute atomic E-state index is 14.3. The molecule has 0 aliphatic heterocycles. The van der Waals surface area contributed by atoms with Crippen LogP contribution in [0.1, 0.15) is 22.2 Å². The van der Waals surface area contributed by atoms with Gasteiger partial charge in [0, 0.05) is 17.3 Å². The van der Waals surface area contributed by atoms with E-state index < -0.39 is 35.7 Å². The number of halogens is 4. The van der Waals surface area contributed by atoms with Crippen molar-refractivity contribution in [3.05, 3.63) is 58.7 Å². The number of thiazole rings is 1. The number of nitrogens with two attached hydrogens (primary N) is 2. The fraction of sp³-hybridized carbons (Fsp3) is 0.190. The number of rotatable bonds is 8. The summed E-state index contributed by atoms with van der Waals surface area (Å²) in [6, 6.07) is 7.66. The van der Waals surface area contributed by atoms with E-state index >= 15 is 0 Å². The lowest BCUT2D eigenvalue weighted by Gasteiger charge is -2.27. The van der Waals surface area contributed by atoms with E-state index in [2.05, 4.69) is 9.72 Å². The third kappa shape index (κ3) is 5.36. The van der Waals surface area contributed by atoms with Crippen LogP contribution in [0.25, 0.3) is 0 Å². The first-order chi connectivity index (χ1) is 15.9. The minimum absolute atomic E-state index is 0.00421. The SMILES string of the molecule is COc1ccc(C(=O)c2sc(N(c3ccc(OC(F)(F)F)c(F)c3)[C@H](C)C(N)=O)nc2N)cc1. The predicted octanol–water partition coefficient (Wildman–Crippen LogP) is 4.01. The molecule has 0 saturated carbocycles. The normalized spacial score (nSPS) is 12.2. The molecule has 0 unspecified atom stereocenters. The van der Waals surface area contributed by atoms with Gasteiger partial charge in [-0.2, -0.15) is 0 Å². The zero-order chi connectivity index (χ0) is 25.2. The Labute approximate surface area is 194 Å². The molecule has 34 heavy (non-hydrogen) atoms. The molecular weight excluding hydrogens is 480 g/mol. The predicted molar refractivity (Wildman–Crippen MR) is 117 cm³/mol. The summed E-state index contributed by atoms with van der Waals surface area (Å²) < 4.78 is 60.4. The van der Waals surface area contributed by atoms with E-state index in [1.165, 1.54) is 26.2 Å². The highest BCUT2D eigenvalue weighted by Gasteiger charge is 2.33. The van der Waals surface area contributed by atoms with Crippen LogP contribution in [0.15, 0.2) is 42.5 Å². The number of anilines is 3. The summed E-state index contributed by atoms with van der Waals surface area (Å²) in [6.07, 6.45) is -5.09. The van der Waals surface area contributed by atoms with Crippen LogP contribution in [-0.4, -0.2) is 36.2 Å². The Morgan fingerprint density at radius 2 is 1.79 bits per heavy atom. The summed E-state index contributed by atoms with van der Waals surface area (Å²) in [5.74, 6) is -3.31. The molecule has 2 aromatic carbocycles. The number of nitrogen functional groups attached to an aromatic ring is 1. The molecule has 180 valence electrons. The van der Waals surface area contributed by atoms with Crippen LogP contribution < -0.4 is 25.8 Å². The van der Waals surface area contributed by atoms with E-state index in [9.17, 15) is 27.2 Å². The lowest BCUT2D eigenvalue weighted by Crippen LogP contribution is -2.40. The Bertz CT molecular complexity index is 1210. The number of methoxy groups -OCH3 is 1. The molecule has 0 saturated heterocycles. The molecule has 0 spiro atoms. The van der Waals surface area contributed by atoms with Gasteiger partial charge in [-0.15, -0.1) is 13.2 Å². The Morgan fingerprint density at radius 1 is 1.15 bits per heavy atom.